The first-order chi connectivity index (χ1) is 8.63. The van der Waals surface area contributed by atoms with Crippen molar-refractivity contribution in [2.45, 2.75) is 26.3 Å². The summed E-state index contributed by atoms with van der Waals surface area (Å²) in [7, 11) is 3.07. The lowest BCUT2D eigenvalue weighted by atomic mass is 10.1. The molecule has 0 saturated carbocycles. The number of benzene rings is 1. The van der Waals surface area contributed by atoms with Gasteiger partial charge in [0.05, 0.1) is 19.3 Å². The summed E-state index contributed by atoms with van der Waals surface area (Å²) in [5.74, 6) is -0.309. The highest BCUT2D eigenvalue weighted by molar-refractivity contribution is 5.92. The fourth-order valence-corrected chi connectivity index (χ4v) is 1.81. The van der Waals surface area contributed by atoms with Crippen LogP contribution in [0.3, 0.4) is 0 Å². The van der Waals surface area contributed by atoms with Crippen LogP contribution in [0.2, 0.25) is 0 Å². The van der Waals surface area contributed by atoms with E-state index in [4.69, 9.17) is 9.47 Å². The van der Waals surface area contributed by atoms with E-state index >= 15 is 0 Å². The number of ether oxygens (including phenoxy) is 2. The third-order valence-electron chi connectivity index (χ3n) is 2.96. The van der Waals surface area contributed by atoms with E-state index in [0.29, 0.717) is 12.2 Å². The average molecular weight is 251 g/mol. The fourth-order valence-electron chi connectivity index (χ4n) is 1.81. The van der Waals surface area contributed by atoms with Crippen LogP contribution in [0.5, 0.6) is 0 Å². The molecule has 0 spiro atoms. The lowest BCUT2D eigenvalue weighted by Gasteiger charge is -2.19. The van der Waals surface area contributed by atoms with Gasteiger partial charge in [-0.3, -0.25) is 0 Å². The predicted molar refractivity (Wildman–Crippen MR) is 72.1 cm³/mol. The van der Waals surface area contributed by atoms with Gasteiger partial charge in [0, 0.05) is 18.8 Å². The second kappa shape index (κ2) is 7.01. The molecular formula is C14H21NO3. The van der Waals surface area contributed by atoms with Crippen molar-refractivity contribution >= 4 is 11.7 Å². The molecule has 0 fully saturated rings. The van der Waals surface area contributed by atoms with Crippen molar-refractivity contribution < 1.29 is 14.3 Å². The van der Waals surface area contributed by atoms with Crippen LogP contribution in [0.4, 0.5) is 5.69 Å². The Balaban J connectivity index is 2.92. The molecule has 4 nitrogen and oxygen atoms in total. The van der Waals surface area contributed by atoms with Crippen LogP contribution in [0.1, 0.15) is 29.3 Å². The van der Waals surface area contributed by atoms with Crippen molar-refractivity contribution in [3.63, 3.8) is 0 Å². The zero-order chi connectivity index (χ0) is 13.5. The van der Waals surface area contributed by atoms with E-state index in [2.05, 4.69) is 12.2 Å². The second-order valence-corrected chi connectivity index (χ2v) is 4.17. The summed E-state index contributed by atoms with van der Waals surface area (Å²) in [5, 5.41) is 3.38. The van der Waals surface area contributed by atoms with Crippen LogP contribution in [0.15, 0.2) is 18.2 Å². The molecule has 0 radical (unpaired) electrons. The van der Waals surface area contributed by atoms with E-state index in [-0.39, 0.29) is 12.0 Å². The van der Waals surface area contributed by atoms with Gasteiger partial charge < -0.3 is 14.8 Å². The lowest BCUT2D eigenvalue weighted by molar-refractivity contribution is 0.0600. The van der Waals surface area contributed by atoms with Crippen LogP contribution in [0, 0.1) is 6.92 Å². The van der Waals surface area contributed by atoms with Crippen molar-refractivity contribution in [3.8, 4) is 0 Å². The van der Waals surface area contributed by atoms with Crippen molar-refractivity contribution in [3.05, 3.63) is 29.3 Å². The van der Waals surface area contributed by atoms with Gasteiger partial charge >= 0.3 is 5.97 Å². The molecule has 0 heterocycles. The van der Waals surface area contributed by atoms with E-state index in [1.54, 1.807) is 13.2 Å². The van der Waals surface area contributed by atoms with Crippen LogP contribution in [0.25, 0.3) is 0 Å². The number of rotatable bonds is 6. The number of methoxy groups -OCH3 is 2. The first-order valence-electron chi connectivity index (χ1n) is 6.07. The van der Waals surface area contributed by atoms with Gasteiger partial charge in [0.2, 0.25) is 0 Å². The third kappa shape index (κ3) is 3.47. The van der Waals surface area contributed by atoms with Gasteiger partial charge in [-0.15, -0.1) is 0 Å². The Bertz CT molecular complexity index is 404. The minimum atomic E-state index is -0.309. The number of carbonyl (C=O) groups is 1. The predicted octanol–water partition coefficient (Wildman–Crippen LogP) is 2.62. The van der Waals surface area contributed by atoms with Crippen molar-refractivity contribution in [1.82, 2.24) is 0 Å². The zero-order valence-electron chi connectivity index (χ0n) is 11.4. The van der Waals surface area contributed by atoms with Crippen LogP contribution >= 0.6 is 0 Å². The Morgan fingerprint density at radius 1 is 1.39 bits per heavy atom. The number of hydrogen-bond acceptors (Lipinski definition) is 4. The van der Waals surface area contributed by atoms with Gasteiger partial charge in [-0.2, -0.15) is 0 Å². The van der Waals surface area contributed by atoms with Gasteiger partial charge in [0.1, 0.15) is 0 Å². The summed E-state index contributed by atoms with van der Waals surface area (Å²) >= 11 is 0. The fraction of sp³-hybridized carbons (Fsp3) is 0.500. The maximum atomic E-state index is 11.6. The number of carbonyl (C=O) groups excluding carboxylic acids is 1. The van der Waals surface area contributed by atoms with Crippen LogP contribution in [-0.4, -0.2) is 32.8 Å². The minimum absolute atomic E-state index is 0.238. The second-order valence-electron chi connectivity index (χ2n) is 4.17. The number of esters is 1. The smallest absolute Gasteiger partial charge is 0.338 e. The summed E-state index contributed by atoms with van der Waals surface area (Å²) in [5.41, 5.74) is 2.44. The molecule has 1 atom stereocenters. The highest BCUT2D eigenvalue weighted by Crippen LogP contribution is 2.21. The molecule has 0 aromatic heterocycles. The molecule has 100 valence electrons. The minimum Gasteiger partial charge on any atom is -0.465 e. The molecule has 18 heavy (non-hydrogen) atoms. The number of hydrogen-bond donors (Lipinski definition) is 1. The molecule has 0 aliphatic carbocycles. The molecule has 1 unspecified atom stereocenters. The SMILES string of the molecule is CCC(COC)Nc1cccc(C(=O)OC)c1C. The van der Waals surface area contributed by atoms with Gasteiger partial charge in [-0.05, 0) is 31.0 Å². The molecule has 0 amide bonds. The quantitative estimate of drug-likeness (QED) is 0.789. The molecule has 0 aliphatic heterocycles. The molecule has 0 bridgehead atoms. The Hall–Kier alpha value is -1.55. The normalized spacial score (nSPS) is 12.0. The first kappa shape index (κ1) is 14.5. The summed E-state index contributed by atoms with van der Waals surface area (Å²) in [4.78, 5) is 11.6. The summed E-state index contributed by atoms with van der Waals surface area (Å²) in [6.45, 7) is 4.64. The molecule has 1 aromatic rings. The number of anilines is 1. The van der Waals surface area contributed by atoms with Gasteiger partial charge in [0.25, 0.3) is 0 Å². The topological polar surface area (TPSA) is 47.6 Å². The van der Waals surface area contributed by atoms with Crippen LogP contribution < -0.4 is 5.32 Å². The Labute approximate surface area is 108 Å². The largest absolute Gasteiger partial charge is 0.465 e. The summed E-state index contributed by atoms with van der Waals surface area (Å²) in [6.07, 6.45) is 0.954. The van der Waals surface area contributed by atoms with E-state index in [1.807, 2.05) is 19.1 Å². The van der Waals surface area contributed by atoms with Gasteiger partial charge in [-0.25, -0.2) is 4.79 Å². The molecule has 1 rings (SSSR count). The zero-order valence-corrected chi connectivity index (χ0v) is 11.4. The van der Waals surface area contributed by atoms with Crippen LogP contribution in [-0.2, 0) is 9.47 Å². The first-order valence-corrected chi connectivity index (χ1v) is 6.07. The Kier molecular flexibility index (Phi) is 5.65. The molecule has 0 saturated heterocycles. The standard InChI is InChI=1S/C14H21NO3/c1-5-11(9-17-3)15-13-8-6-7-12(10(13)2)14(16)18-4/h6-8,11,15H,5,9H2,1-4H3. The van der Waals surface area contributed by atoms with E-state index in [9.17, 15) is 4.79 Å². The molecule has 4 heteroatoms. The summed E-state index contributed by atoms with van der Waals surface area (Å²) < 4.78 is 9.91. The van der Waals surface area contributed by atoms with Crippen molar-refractivity contribution in [2.24, 2.45) is 0 Å². The maximum absolute atomic E-state index is 11.6. The van der Waals surface area contributed by atoms with E-state index in [1.165, 1.54) is 7.11 Å². The molecule has 1 N–H and O–H groups in total. The number of nitrogens with one attached hydrogen (secondary N) is 1. The van der Waals surface area contributed by atoms with E-state index < -0.39 is 0 Å². The monoisotopic (exact) mass is 251 g/mol. The summed E-state index contributed by atoms with van der Waals surface area (Å²) in [6, 6.07) is 5.81. The van der Waals surface area contributed by atoms with E-state index in [0.717, 1.165) is 17.7 Å². The Morgan fingerprint density at radius 2 is 2.11 bits per heavy atom. The van der Waals surface area contributed by atoms with Gasteiger partial charge in [-0.1, -0.05) is 13.0 Å². The molecule has 1 aromatic carbocycles. The van der Waals surface area contributed by atoms with Crippen molar-refractivity contribution in [2.75, 3.05) is 26.1 Å². The maximum Gasteiger partial charge on any atom is 0.338 e. The van der Waals surface area contributed by atoms with Crippen molar-refractivity contribution in [1.29, 1.82) is 0 Å². The van der Waals surface area contributed by atoms with Gasteiger partial charge in [0.15, 0.2) is 0 Å². The molecular weight excluding hydrogens is 230 g/mol. The highest BCUT2D eigenvalue weighted by Gasteiger charge is 2.13. The molecule has 0 aliphatic rings. The third-order valence-corrected chi connectivity index (χ3v) is 2.96. The lowest BCUT2D eigenvalue weighted by Crippen LogP contribution is -2.24. The average Bonchev–Trinajstić information content (AvgIpc) is 2.39. The Morgan fingerprint density at radius 3 is 2.67 bits per heavy atom. The highest BCUT2D eigenvalue weighted by atomic mass is 16.5.